The normalized spacial score (nSPS) is 48.5. The van der Waals surface area contributed by atoms with Gasteiger partial charge in [0.25, 0.3) is 0 Å². The van der Waals surface area contributed by atoms with E-state index in [-0.39, 0.29) is 0 Å². The van der Waals surface area contributed by atoms with Gasteiger partial charge >= 0.3 is 0 Å². The molecule has 0 aliphatic heterocycles. The van der Waals surface area contributed by atoms with Gasteiger partial charge in [0.1, 0.15) is 0 Å². The quantitative estimate of drug-likeness (QED) is 0.591. The van der Waals surface area contributed by atoms with Gasteiger partial charge in [-0.3, -0.25) is 0 Å². The number of alkyl halides is 2. The fourth-order valence-electron chi connectivity index (χ4n) is 3.01. The Morgan fingerprint density at radius 3 is 1.73 bits per heavy atom. The minimum atomic E-state index is 0.743. The Morgan fingerprint density at radius 2 is 1.36 bits per heavy atom. The van der Waals surface area contributed by atoms with Crippen LogP contribution in [0.5, 0.6) is 0 Å². The Labute approximate surface area is 78.3 Å². The molecule has 64 valence electrons. The van der Waals surface area contributed by atoms with Crippen molar-refractivity contribution < 1.29 is 0 Å². The molecule has 0 saturated heterocycles. The second-order valence-electron chi connectivity index (χ2n) is 3.97. The van der Waals surface area contributed by atoms with Crippen LogP contribution in [0.4, 0.5) is 0 Å². The molecule has 0 radical (unpaired) electrons. The standard InChI is InChI=1S/C9H14Cl2/c10-4-8-6-1-2-7(3-6)9(8)5-11/h6-9H,1-5H2/t6-,7+,8?,9?. The highest BCUT2D eigenvalue weighted by molar-refractivity contribution is 6.19. The van der Waals surface area contributed by atoms with Crippen molar-refractivity contribution in [1.29, 1.82) is 0 Å². The second-order valence-corrected chi connectivity index (χ2v) is 4.59. The SMILES string of the molecule is ClCC1C(CCl)[C@H]2CC[C@@H]1C2. The Morgan fingerprint density at radius 1 is 0.909 bits per heavy atom. The summed E-state index contributed by atoms with van der Waals surface area (Å²) in [6, 6.07) is 0. The summed E-state index contributed by atoms with van der Waals surface area (Å²) in [4.78, 5) is 0. The molecule has 0 spiro atoms. The topological polar surface area (TPSA) is 0 Å². The maximum Gasteiger partial charge on any atom is 0.0257 e. The Balaban J connectivity index is 2.08. The maximum absolute atomic E-state index is 5.92. The smallest absolute Gasteiger partial charge is 0.0257 e. The Hall–Kier alpha value is 0.580. The number of halogens is 2. The van der Waals surface area contributed by atoms with Gasteiger partial charge in [-0.15, -0.1) is 23.2 Å². The molecule has 2 fully saturated rings. The molecule has 0 amide bonds. The lowest BCUT2D eigenvalue weighted by Gasteiger charge is -2.27. The van der Waals surface area contributed by atoms with Gasteiger partial charge in [-0.25, -0.2) is 0 Å². The van der Waals surface area contributed by atoms with Crippen molar-refractivity contribution in [2.24, 2.45) is 23.7 Å². The molecular formula is C9H14Cl2. The first-order valence-corrected chi connectivity index (χ1v) is 5.55. The molecule has 0 heterocycles. The molecule has 2 aliphatic rings. The maximum atomic E-state index is 5.92. The van der Waals surface area contributed by atoms with E-state index in [4.69, 9.17) is 23.2 Å². The van der Waals surface area contributed by atoms with Crippen molar-refractivity contribution in [2.45, 2.75) is 19.3 Å². The van der Waals surface area contributed by atoms with Crippen LogP contribution < -0.4 is 0 Å². The predicted molar refractivity (Wildman–Crippen MR) is 49.3 cm³/mol. The fraction of sp³-hybridized carbons (Fsp3) is 1.00. The van der Waals surface area contributed by atoms with Crippen LogP contribution in [0.25, 0.3) is 0 Å². The zero-order valence-electron chi connectivity index (χ0n) is 6.60. The zero-order chi connectivity index (χ0) is 7.84. The lowest BCUT2D eigenvalue weighted by molar-refractivity contribution is 0.266. The van der Waals surface area contributed by atoms with Crippen LogP contribution in [0, 0.1) is 23.7 Å². The van der Waals surface area contributed by atoms with E-state index in [1.54, 1.807) is 0 Å². The summed E-state index contributed by atoms with van der Waals surface area (Å²) < 4.78 is 0. The van der Waals surface area contributed by atoms with E-state index < -0.39 is 0 Å². The van der Waals surface area contributed by atoms with Gasteiger partial charge in [0.05, 0.1) is 0 Å². The molecule has 0 aromatic carbocycles. The highest BCUT2D eigenvalue weighted by Crippen LogP contribution is 2.52. The van der Waals surface area contributed by atoms with Crippen molar-refractivity contribution in [1.82, 2.24) is 0 Å². The third kappa shape index (κ3) is 1.19. The van der Waals surface area contributed by atoms with E-state index in [9.17, 15) is 0 Å². The number of hydrogen-bond acceptors (Lipinski definition) is 0. The van der Waals surface area contributed by atoms with Crippen LogP contribution in [0.3, 0.4) is 0 Å². The first-order valence-electron chi connectivity index (χ1n) is 4.48. The molecule has 0 aromatic heterocycles. The minimum Gasteiger partial charge on any atom is -0.126 e. The third-order valence-electron chi connectivity index (χ3n) is 3.63. The lowest BCUT2D eigenvalue weighted by atomic mass is 9.81. The summed E-state index contributed by atoms with van der Waals surface area (Å²) >= 11 is 11.8. The number of fused-ring (bicyclic) bond motifs is 2. The van der Waals surface area contributed by atoms with Gasteiger partial charge in [0.15, 0.2) is 0 Å². The third-order valence-corrected chi connectivity index (χ3v) is 4.34. The zero-order valence-corrected chi connectivity index (χ0v) is 8.11. The van der Waals surface area contributed by atoms with Crippen molar-refractivity contribution in [2.75, 3.05) is 11.8 Å². The van der Waals surface area contributed by atoms with Crippen LogP contribution in [0.15, 0.2) is 0 Å². The van der Waals surface area contributed by atoms with Gasteiger partial charge in [-0.05, 0) is 42.9 Å². The molecule has 2 bridgehead atoms. The van der Waals surface area contributed by atoms with Gasteiger partial charge < -0.3 is 0 Å². The summed E-state index contributed by atoms with van der Waals surface area (Å²) in [6.45, 7) is 0. The molecule has 11 heavy (non-hydrogen) atoms. The van der Waals surface area contributed by atoms with E-state index in [0.29, 0.717) is 0 Å². The second kappa shape index (κ2) is 3.14. The molecule has 0 N–H and O–H groups in total. The Bertz CT molecular complexity index is 130. The summed E-state index contributed by atoms with van der Waals surface area (Å²) in [7, 11) is 0. The molecular weight excluding hydrogens is 179 g/mol. The first-order chi connectivity index (χ1) is 5.36. The predicted octanol–water partition coefficient (Wildman–Crippen LogP) is 3.13. The summed E-state index contributed by atoms with van der Waals surface area (Å²) in [5.41, 5.74) is 0. The lowest BCUT2D eigenvalue weighted by Crippen LogP contribution is -2.24. The molecule has 2 unspecified atom stereocenters. The van der Waals surface area contributed by atoms with Crippen molar-refractivity contribution in [3.8, 4) is 0 Å². The van der Waals surface area contributed by atoms with E-state index in [1.165, 1.54) is 19.3 Å². The molecule has 2 heteroatoms. The highest BCUT2D eigenvalue weighted by Gasteiger charge is 2.46. The van der Waals surface area contributed by atoms with E-state index >= 15 is 0 Å². The average molecular weight is 193 g/mol. The fourth-order valence-corrected chi connectivity index (χ4v) is 3.97. The summed E-state index contributed by atoms with van der Waals surface area (Å²) in [6.07, 6.45) is 4.24. The highest BCUT2D eigenvalue weighted by atomic mass is 35.5. The van der Waals surface area contributed by atoms with Crippen molar-refractivity contribution >= 4 is 23.2 Å². The molecule has 4 atom stereocenters. The molecule has 2 aliphatic carbocycles. The van der Waals surface area contributed by atoms with E-state index in [1.807, 2.05) is 0 Å². The molecule has 2 rings (SSSR count). The minimum absolute atomic E-state index is 0.743. The van der Waals surface area contributed by atoms with E-state index in [2.05, 4.69) is 0 Å². The first kappa shape index (κ1) is 8.19. The van der Waals surface area contributed by atoms with E-state index in [0.717, 1.165) is 35.4 Å². The van der Waals surface area contributed by atoms with Crippen LogP contribution in [-0.2, 0) is 0 Å². The largest absolute Gasteiger partial charge is 0.126 e. The van der Waals surface area contributed by atoms with Crippen LogP contribution in [0.2, 0.25) is 0 Å². The molecule has 0 nitrogen and oxygen atoms in total. The number of hydrogen-bond donors (Lipinski definition) is 0. The van der Waals surface area contributed by atoms with Crippen LogP contribution in [0.1, 0.15) is 19.3 Å². The summed E-state index contributed by atoms with van der Waals surface area (Å²) in [5.74, 6) is 4.99. The molecule has 2 saturated carbocycles. The van der Waals surface area contributed by atoms with Gasteiger partial charge in [-0.1, -0.05) is 0 Å². The monoisotopic (exact) mass is 192 g/mol. The van der Waals surface area contributed by atoms with Crippen LogP contribution in [-0.4, -0.2) is 11.8 Å². The molecule has 0 aromatic rings. The van der Waals surface area contributed by atoms with Crippen LogP contribution >= 0.6 is 23.2 Å². The summed E-state index contributed by atoms with van der Waals surface area (Å²) in [5, 5.41) is 0. The van der Waals surface area contributed by atoms with Gasteiger partial charge in [0.2, 0.25) is 0 Å². The number of rotatable bonds is 2. The Kier molecular flexibility index (Phi) is 2.34. The van der Waals surface area contributed by atoms with Crippen molar-refractivity contribution in [3.05, 3.63) is 0 Å². The van der Waals surface area contributed by atoms with Crippen molar-refractivity contribution in [3.63, 3.8) is 0 Å². The van der Waals surface area contributed by atoms with Gasteiger partial charge in [0, 0.05) is 11.8 Å². The average Bonchev–Trinajstić information content (AvgIpc) is 2.60. The van der Waals surface area contributed by atoms with Gasteiger partial charge in [-0.2, -0.15) is 0 Å².